The molecular weight excluding hydrogens is 342 g/mol. The van der Waals surface area contributed by atoms with E-state index < -0.39 is 0 Å². The maximum atomic E-state index is 9.20. The molecule has 1 heterocycles. The molecule has 1 N–H and O–H groups in total. The van der Waals surface area contributed by atoms with Gasteiger partial charge in [-0.25, -0.2) is 4.98 Å². The van der Waals surface area contributed by atoms with Crippen molar-refractivity contribution in [3.63, 3.8) is 0 Å². The number of halogens is 2. The van der Waals surface area contributed by atoms with E-state index in [2.05, 4.69) is 20.9 Å². The molecule has 20 heavy (non-hydrogen) atoms. The van der Waals surface area contributed by atoms with Crippen LogP contribution in [-0.2, 0) is 6.61 Å². The lowest BCUT2D eigenvalue weighted by molar-refractivity contribution is 0.282. The predicted octanol–water partition coefficient (Wildman–Crippen LogP) is 4.71. The summed E-state index contributed by atoms with van der Waals surface area (Å²) in [6, 6.07) is 9.32. The number of benzene rings is 2. The van der Waals surface area contributed by atoms with Crippen molar-refractivity contribution in [2.45, 2.75) is 13.5 Å². The summed E-state index contributed by atoms with van der Waals surface area (Å²) < 4.78 is 6.77. The van der Waals surface area contributed by atoms with Gasteiger partial charge in [-0.3, -0.25) is 0 Å². The molecule has 0 aliphatic rings. The third-order valence-electron chi connectivity index (χ3n) is 3.19. The summed E-state index contributed by atoms with van der Waals surface area (Å²) in [5.41, 5.74) is 3.87. The Morgan fingerprint density at radius 3 is 2.90 bits per heavy atom. The van der Waals surface area contributed by atoms with Gasteiger partial charge >= 0.3 is 0 Å². The smallest absolute Gasteiger partial charge is 0.227 e. The van der Waals surface area contributed by atoms with Gasteiger partial charge in [0.05, 0.1) is 11.6 Å². The number of hydrogen-bond acceptors (Lipinski definition) is 3. The molecule has 3 nitrogen and oxygen atoms in total. The monoisotopic (exact) mass is 351 g/mol. The Bertz CT molecular complexity index is 798. The first-order chi connectivity index (χ1) is 9.60. The van der Waals surface area contributed by atoms with Gasteiger partial charge < -0.3 is 9.52 Å². The summed E-state index contributed by atoms with van der Waals surface area (Å²) in [5, 5.41) is 9.66. The van der Waals surface area contributed by atoms with E-state index in [1.54, 1.807) is 12.1 Å². The number of aliphatic hydroxyl groups excluding tert-OH is 1. The van der Waals surface area contributed by atoms with E-state index in [9.17, 15) is 5.11 Å². The molecule has 0 saturated heterocycles. The number of nitrogens with zero attached hydrogens (tertiary/aromatic N) is 1. The molecule has 0 aliphatic heterocycles. The average Bonchev–Trinajstić information content (AvgIpc) is 2.86. The Morgan fingerprint density at radius 2 is 2.15 bits per heavy atom. The molecule has 5 heteroatoms. The molecule has 0 atom stereocenters. The highest BCUT2D eigenvalue weighted by molar-refractivity contribution is 9.10. The first kappa shape index (κ1) is 13.6. The van der Waals surface area contributed by atoms with Crippen molar-refractivity contribution in [2.75, 3.05) is 0 Å². The number of fused-ring (bicyclic) bond motifs is 1. The molecule has 3 rings (SSSR count). The first-order valence-corrected chi connectivity index (χ1v) is 7.22. The number of hydrogen-bond donors (Lipinski definition) is 1. The van der Waals surface area contributed by atoms with Crippen LogP contribution in [0.4, 0.5) is 0 Å². The van der Waals surface area contributed by atoms with Gasteiger partial charge in [0.25, 0.3) is 0 Å². The molecule has 0 aliphatic carbocycles. The van der Waals surface area contributed by atoms with E-state index in [1.165, 1.54) is 0 Å². The van der Waals surface area contributed by atoms with Crippen molar-refractivity contribution in [1.82, 2.24) is 4.98 Å². The third-order valence-corrected chi connectivity index (χ3v) is 4.33. The topological polar surface area (TPSA) is 46.3 Å². The lowest BCUT2D eigenvalue weighted by Gasteiger charge is -2.02. The van der Waals surface area contributed by atoms with Gasteiger partial charge in [-0.15, -0.1) is 0 Å². The highest BCUT2D eigenvalue weighted by Crippen LogP contribution is 2.33. The molecule has 0 radical (unpaired) electrons. The van der Waals surface area contributed by atoms with Crippen LogP contribution in [0.25, 0.3) is 22.6 Å². The second kappa shape index (κ2) is 5.20. The minimum Gasteiger partial charge on any atom is -0.434 e. The fraction of sp³-hybridized carbons (Fsp3) is 0.133. The largest absolute Gasteiger partial charge is 0.434 e. The van der Waals surface area contributed by atoms with Crippen molar-refractivity contribution < 1.29 is 9.52 Å². The molecule has 2 aromatic carbocycles. The second-order valence-electron chi connectivity index (χ2n) is 4.52. The number of aromatic nitrogens is 1. The zero-order valence-electron chi connectivity index (χ0n) is 10.7. The molecule has 1 aromatic heterocycles. The minimum atomic E-state index is -0.0756. The van der Waals surface area contributed by atoms with Crippen LogP contribution in [0.5, 0.6) is 0 Å². The standard InChI is InChI=1S/C15H11BrClNO2/c1-8-10(3-2-4-11(8)16)15-18-13-6-9(7-19)5-12(17)14(13)20-15/h2-6,19H,7H2,1H3. The summed E-state index contributed by atoms with van der Waals surface area (Å²) in [6.45, 7) is 1.92. The summed E-state index contributed by atoms with van der Waals surface area (Å²) >= 11 is 9.65. The Labute approximate surface area is 129 Å². The van der Waals surface area contributed by atoms with Crippen molar-refractivity contribution in [3.8, 4) is 11.5 Å². The van der Waals surface area contributed by atoms with Crippen molar-refractivity contribution in [1.29, 1.82) is 0 Å². The maximum Gasteiger partial charge on any atom is 0.227 e. The molecule has 0 bridgehead atoms. The molecule has 0 saturated carbocycles. The van der Waals surface area contributed by atoms with E-state index in [1.807, 2.05) is 25.1 Å². The van der Waals surface area contributed by atoms with E-state index in [0.717, 1.165) is 15.6 Å². The summed E-state index contributed by atoms with van der Waals surface area (Å²) in [5.74, 6) is 0.524. The zero-order valence-corrected chi connectivity index (χ0v) is 13.0. The zero-order chi connectivity index (χ0) is 14.3. The SMILES string of the molecule is Cc1c(Br)cccc1-c1nc2cc(CO)cc(Cl)c2o1. The van der Waals surface area contributed by atoms with Gasteiger partial charge in [0.1, 0.15) is 5.52 Å². The van der Waals surface area contributed by atoms with Gasteiger partial charge in [0.2, 0.25) is 5.89 Å². The quantitative estimate of drug-likeness (QED) is 0.726. The highest BCUT2D eigenvalue weighted by Gasteiger charge is 2.14. The average molecular weight is 353 g/mol. The van der Waals surface area contributed by atoms with Crippen LogP contribution in [0.3, 0.4) is 0 Å². The molecule has 0 fully saturated rings. The van der Waals surface area contributed by atoms with E-state index in [-0.39, 0.29) is 6.61 Å². The fourth-order valence-corrected chi connectivity index (χ4v) is 2.73. The van der Waals surface area contributed by atoms with Crippen LogP contribution < -0.4 is 0 Å². The number of aliphatic hydroxyl groups is 1. The van der Waals surface area contributed by atoms with Gasteiger partial charge in [-0.2, -0.15) is 0 Å². The predicted molar refractivity (Wildman–Crippen MR) is 82.8 cm³/mol. The lowest BCUT2D eigenvalue weighted by atomic mass is 10.1. The summed E-state index contributed by atoms with van der Waals surface area (Å²) in [6.07, 6.45) is 0. The Kier molecular flexibility index (Phi) is 3.54. The van der Waals surface area contributed by atoms with Gasteiger partial charge in [-0.05, 0) is 42.3 Å². The maximum absolute atomic E-state index is 9.20. The van der Waals surface area contributed by atoms with Crippen LogP contribution in [0.2, 0.25) is 5.02 Å². The molecule has 0 unspecified atom stereocenters. The van der Waals surface area contributed by atoms with Gasteiger partial charge in [0.15, 0.2) is 5.58 Å². The lowest BCUT2D eigenvalue weighted by Crippen LogP contribution is -1.84. The summed E-state index contributed by atoms with van der Waals surface area (Å²) in [4.78, 5) is 4.47. The molecule has 3 aromatic rings. The van der Waals surface area contributed by atoms with Crippen molar-refractivity contribution in [2.24, 2.45) is 0 Å². The molecule has 0 spiro atoms. The minimum absolute atomic E-state index is 0.0756. The number of rotatable bonds is 2. The van der Waals surface area contributed by atoms with Crippen molar-refractivity contribution in [3.05, 3.63) is 51.0 Å². The van der Waals surface area contributed by atoms with Crippen LogP contribution in [0.15, 0.2) is 39.2 Å². The first-order valence-electron chi connectivity index (χ1n) is 6.05. The van der Waals surface area contributed by atoms with E-state index >= 15 is 0 Å². The van der Waals surface area contributed by atoms with Crippen LogP contribution in [0, 0.1) is 6.92 Å². The van der Waals surface area contributed by atoms with Crippen LogP contribution >= 0.6 is 27.5 Å². The molecule has 102 valence electrons. The van der Waals surface area contributed by atoms with Crippen LogP contribution in [0.1, 0.15) is 11.1 Å². The Hall–Kier alpha value is -1.36. The van der Waals surface area contributed by atoms with Gasteiger partial charge in [-0.1, -0.05) is 33.6 Å². The second-order valence-corrected chi connectivity index (χ2v) is 5.78. The van der Waals surface area contributed by atoms with E-state index in [0.29, 0.717) is 27.6 Å². The fourth-order valence-electron chi connectivity index (χ4n) is 2.09. The molecular formula is C15H11BrClNO2. The Morgan fingerprint density at radius 1 is 1.35 bits per heavy atom. The normalized spacial score (nSPS) is 11.2. The van der Waals surface area contributed by atoms with Gasteiger partial charge in [0, 0.05) is 10.0 Å². The van der Waals surface area contributed by atoms with Crippen LogP contribution in [-0.4, -0.2) is 10.1 Å². The molecule has 0 amide bonds. The Balaban J connectivity index is 2.23. The van der Waals surface area contributed by atoms with Crippen molar-refractivity contribution >= 4 is 38.6 Å². The third kappa shape index (κ3) is 2.24. The number of oxazole rings is 1. The van der Waals surface area contributed by atoms with E-state index in [4.69, 9.17) is 16.0 Å². The highest BCUT2D eigenvalue weighted by atomic mass is 79.9. The summed E-state index contributed by atoms with van der Waals surface area (Å²) in [7, 11) is 0.